The number of likely N-dealkylation sites (tertiary alicyclic amines) is 1. The molecule has 1 aliphatic rings. The van der Waals surface area contributed by atoms with Gasteiger partial charge in [-0.05, 0) is 37.9 Å². The molecule has 0 spiro atoms. The number of hydrogen-bond donors (Lipinski definition) is 1. The van der Waals surface area contributed by atoms with Crippen molar-refractivity contribution in [3.05, 3.63) is 40.5 Å². The third kappa shape index (κ3) is 2.91. The first-order valence-corrected chi connectivity index (χ1v) is 7.97. The van der Waals surface area contributed by atoms with E-state index in [1.807, 2.05) is 18.2 Å². The Morgan fingerprint density at radius 1 is 1.33 bits per heavy atom. The van der Waals surface area contributed by atoms with Crippen molar-refractivity contribution in [1.29, 1.82) is 0 Å². The van der Waals surface area contributed by atoms with Crippen molar-refractivity contribution >= 4 is 22.5 Å². The fraction of sp³-hybridized carbons (Fsp3) is 0.471. The highest BCUT2D eigenvalue weighted by Gasteiger charge is 2.23. The van der Waals surface area contributed by atoms with Crippen molar-refractivity contribution in [2.45, 2.75) is 38.8 Å². The smallest absolute Gasteiger partial charge is 0.0740 e. The normalized spacial score (nSPS) is 20.0. The van der Waals surface area contributed by atoms with Crippen LogP contribution in [0.15, 0.2) is 24.3 Å². The van der Waals surface area contributed by atoms with Crippen LogP contribution in [-0.4, -0.2) is 34.2 Å². The molecule has 1 N–H and O–H groups in total. The third-order valence-electron chi connectivity index (χ3n) is 4.46. The number of fused-ring (bicyclic) bond motifs is 1. The van der Waals surface area contributed by atoms with Crippen molar-refractivity contribution < 1.29 is 5.11 Å². The molecule has 0 amide bonds. The summed E-state index contributed by atoms with van der Waals surface area (Å²) in [6.45, 7) is 3.99. The van der Waals surface area contributed by atoms with E-state index in [1.165, 1.54) is 12.8 Å². The monoisotopic (exact) mass is 304 g/mol. The highest BCUT2D eigenvalue weighted by Crippen LogP contribution is 2.29. The number of halogens is 1. The average molecular weight is 305 g/mol. The summed E-state index contributed by atoms with van der Waals surface area (Å²) in [4.78, 5) is 7.05. The Morgan fingerprint density at radius 3 is 2.95 bits per heavy atom. The van der Waals surface area contributed by atoms with Gasteiger partial charge in [-0.25, -0.2) is 4.98 Å². The molecule has 112 valence electrons. The fourth-order valence-corrected chi connectivity index (χ4v) is 3.39. The molecule has 0 radical (unpaired) electrons. The van der Waals surface area contributed by atoms with Gasteiger partial charge in [0.1, 0.15) is 0 Å². The number of aliphatic hydroxyl groups excluding tert-OH is 1. The number of para-hydroxylation sites is 1. The molecule has 0 aliphatic carbocycles. The molecule has 1 aromatic carbocycles. The van der Waals surface area contributed by atoms with E-state index in [-0.39, 0.29) is 12.6 Å². The number of rotatable bonds is 3. The molecule has 0 bridgehead atoms. The zero-order valence-electron chi connectivity index (χ0n) is 12.3. The van der Waals surface area contributed by atoms with Gasteiger partial charge in [-0.2, -0.15) is 0 Å². The lowest BCUT2D eigenvalue weighted by Gasteiger charge is -2.34. The SMILES string of the molecule is Cc1c(Cl)c(CN2CCCCC2CO)nc2ccccc12. The van der Waals surface area contributed by atoms with E-state index in [4.69, 9.17) is 16.6 Å². The van der Waals surface area contributed by atoms with E-state index in [2.05, 4.69) is 17.9 Å². The van der Waals surface area contributed by atoms with Gasteiger partial charge in [-0.1, -0.05) is 36.2 Å². The van der Waals surface area contributed by atoms with Crippen LogP contribution in [0.3, 0.4) is 0 Å². The molecule has 2 aromatic rings. The van der Waals surface area contributed by atoms with E-state index in [0.717, 1.165) is 46.7 Å². The maximum atomic E-state index is 9.54. The molecule has 1 aromatic heterocycles. The predicted molar refractivity (Wildman–Crippen MR) is 86.6 cm³/mol. The van der Waals surface area contributed by atoms with Crippen LogP contribution in [0.1, 0.15) is 30.5 Å². The minimum absolute atomic E-state index is 0.212. The number of pyridine rings is 1. The summed E-state index contributed by atoms with van der Waals surface area (Å²) < 4.78 is 0. The third-order valence-corrected chi connectivity index (χ3v) is 4.96. The first-order chi connectivity index (χ1) is 10.2. The molecular formula is C17H21ClN2O. The summed E-state index contributed by atoms with van der Waals surface area (Å²) in [6, 6.07) is 8.35. The van der Waals surface area contributed by atoms with Crippen LogP contribution in [0.4, 0.5) is 0 Å². The maximum Gasteiger partial charge on any atom is 0.0740 e. The number of aryl methyl sites for hydroxylation is 1. The Kier molecular flexibility index (Phi) is 4.43. The standard InChI is InChI=1S/C17H21ClN2O/c1-12-14-7-2-3-8-15(14)19-16(17(12)18)10-20-9-5-4-6-13(20)11-21/h2-3,7-8,13,21H,4-6,9-11H2,1H3. The van der Waals surface area contributed by atoms with Crippen LogP contribution in [0.2, 0.25) is 5.02 Å². The molecule has 1 saturated heterocycles. The minimum Gasteiger partial charge on any atom is -0.395 e. The lowest BCUT2D eigenvalue weighted by molar-refractivity contribution is 0.0832. The van der Waals surface area contributed by atoms with E-state index in [1.54, 1.807) is 0 Å². The molecule has 1 fully saturated rings. The molecule has 1 unspecified atom stereocenters. The zero-order chi connectivity index (χ0) is 14.8. The van der Waals surface area contributed by atoms with Crippen molar-refractivity contribution in [1.82, 2.24) is 9.88 Å². The Hall–Kier alpha value is -1.16. The van der Waals surface area contributed by atoms with Gasteiger partial charge < -0.3 is 5.11 Å². The Balaban J connectivity index is 1.94. The Morgan fingerprint density at radius 2 is 2.14 bits per heavy atom. The van der Waals surface area contributed by atoms with Gasteiger partial charge >= 0.3 is 0 Å². The van der Waals surface area contributed by atoms with Gasteiger partial charge in [-0.3, -0.25) is 4.90 Å². The molecule has 1 atom stereocenters. The second-order valence-electron chi connectivity index (χ2n) is 5.82. The summed E-state index contributed by atoms with van der Waals surface area (Å²) in [5, 5.41) is 11.4. The van der Waals surface area contributed by atoms with E-state index in [0.29, 0.717) is 0 Å². The summed E-state index contributed by atoms with van der Waals surface area (Å²) in [6.07, 6.45) is 3.43. The highest BCUT2D eigenvalue weighted by atomic mass is 35.5. The number of benzene rings is 1. The van der Waals surface area contributed by atoms with Crippen molar-refractivity contribution in [3.8, 4) is 0 Å². The lowest BCUT2D eigenvalue weighted by atomic mass is 10.0. The minimum atomic E-state index is 0.212. The first-order valence-electron chi connectivity index (χ1n) is 7.59. The average Bonchev–Trinajstić information content (AvgIpc) is 2.53. The topological polar surface area (TPSA) is 36.4 Å². The number of nitrogens with zero attached hydrogens (tertiary/aromatic N) is 2. The summed E-state index contributed by atoms with van der Waals surface area (Å²) in [5.41, 5.74) is 3.01. The van der Waals surface area contributed by atoms with Gasteiger partial charge in [0.05, 0.1) is 22.8 Å². The molecule has 4 heteroatoms. The van der Waals surface area contributed by atoms with Crippen LogP contribution in [0.25, 0.3) is 10.9 Å². The molecule has 3 nitrogen and oxygen atoms in total. The zero-order valence-corrected chi connectivity index (χ0v) is 13.1. The maximum absolute atomic E-state index is 9.54. The molecule has 21 heavy (non-hydrogen) atoms. The van der Waals surface area contributed by atoms with Crippen molar-refractivity contribution in [3.63, 3.8) is 0 Å². The van der Waals surface area contributed by atoms with Gasteiger partial charge in [0, 0.05) is 18.0 Å². The predicted octanol–water partition coefficient (Wildman–Crippen LogP) is 3.54. The molecule has 1 aliphatic heterocycles. The van der Waals surface area contributed by atoms with Crippen LogP contribution in [-0.2, 0) is 6.54 Å². The van der Waals surface area contributed by atoms with Crippen LogP contribution >= 0.6 is 11.6 Å². The largest absolute Gasteiger partial charge is 0.395 e. The summed E-state index contributed by atoms with van der Waals surface area (Å²) in [5.74, 6) is 0. The number of aliphatic hydroxyl groups is 1. The number of aromatic nitrogens is 1. The summed E-state index contributed by atoms with van der Waals surface area (Å²) in [7, 11) is 0. The van der Waals surface area contributed by atoms with Crippen molar-refractivity contribution in [2.75, 3.05) is 13.2 Å². The second-order valence-corrected chi connectivity index (χ2v) is 6.20. The Bertz CT molecular complexity index is 644. The summed E-state index contributed by atoms with van der Waals surface area (Å²) >= 11 is 6.53. The van der Waals surface area contributed by atoms with Crippen molar-refractivity contribution in [2.24, 2.45) is 0 Å². The van der Waals surface area contributed by atoms with Gasteiger partial charge in [0.15, 0.2) is 0 Å². The van der Waals surface area contributed by atoms with Gasteiger partial charge in [0.25, 0.3) is 0 Å². The van der Waals surface area contributed by atoms with Crippen LogP contribution < -0.4 is 0 Å². The van der Waals surface area contributed by atoms with Crippen LogP contribution in [0, 0.1) is 6.92 Å². The molecule has 0 saturated carbocycles. The lowest BCUT2D eigenvalue weighted by Crippen LogP contribution is -2.41. The van der Waals surface area contributed by atoms with E-state index in [9.17, 15) is 5.11 Å². The number of hydrogen-bond acceptors (Lipinski definition) is 3. The van der Waals surface area contributed by atoms with Gasteiger partial charge in [-0.15, -0.1) is 0 Å². The van der Waals surface area contributed by atoms with Crippen LogP contribution in [0.5, 0.6) is 0 Å². The first kappa shape index (κ1) is 14.8. The second kappa shape index (κ2) is 6.30. The molecular weight excluding hydrogens is 284 g/mol. The quantitative estimate of drug-likeness (QED) is 0.942. The molecule has 3 rings (SSSR count). The van der Waals surface area contributed by atoms with E-state index >= 15 is 0 Å². The fourth-order valence-electron chi connectivity index (χ4n) is 3.19. The molecule has 2 heterocycles. The Labute approximate surface area is 130 Å². The van der Waals surface area contributed by atoms with E-state index < -0.39 is 0 Å². The van der Waals surface area contributed by atoms with Gasteiger partial charge in [0.2, 0.25) is 0 Å². The highest BCUT2D eigenvalue weighted by molar-refractivity contribution is 6.32. The number of piperidine rings is 1.